The molecule has 0 atom stereocenters. The van der Waals surface area contributed by atoms with Crippen molar-refractivity contribution < 1.29 is 9.13 Å². The van der Waals surface area contributed by atoms with E-state index in [1.54, 1.807) is 31.4 Å². The fourth-order valence-corrected chi connectivity index (χ4v) is 1.63. The van der Waals surface area contributed by atoms with Crippen molar-refractivity contribution in [3.05, 3.63) is 54.0 Å². The van der Waals surface area contributed by atoms with Gasteiger partial charge in [0.1, 0.15) is 11.6 Å². The van der Waals surface area contributed by atoms with Crippen molar-refractivity contribution in [1.82, 2.24) is 15.6 Å². The molecule has 0 saturated carbocycles. The molecule has 6 heteroatoms. The van der Waals surface area contributed by atoms with Crippen molar-refractivity contribution >= 4 is 17.3 Å². The van der Waals surface area contributed by atoms with Crippen molar-refractivity contribution in [2.45, 2.75) is 6.54 Å². The molecular formula is C14H14FN3OS. The van der Waals surface area contributed by atoms with Gasteiger partial charge in [0.15, 0.2) is 5.11 Å². The molecule has 0 saturated heterocycles. The fraction of sp³-hybridized carbons (Fsp3) is 0.143. The number of ether oxygens (including phenoxy) is 1. The van der Waals surface area contributed by atoms with E-state index in [0.717, 1.165) is 5.56 Å². The predicted octanol–water partition coefficient (Wildman–Crippen LogP) is 2.61. The third kappa shape index (κ3) is 3.89. The summed E-state index contributed by atoms with van der Waals surface area (Å²) in [5, 5.41) is 6.37. The molecule has 0 aliphatic heterocycles. The fourth-order valence-electron chi connectivity index (χ4n) is 1.56. The van der Waals surface area contributed by atoms with E-state index in [0.29, 0.717) is 23.3 Å². The third-order valence-corrected chi connectivity index (χ3v) is 2.88. The van der Waals surface area contributed by atoms with E-state index in [9.17, 15) is 4.39 Å². The first-order valence-electron chi connectivity index (χ1n) is 6.02. The third-order valence-electron chi connectivity index (χ3n) is 2.53. The van der Waals surface area contributed by atoms with Gasteiger partial charge in [-0.25, -0.2) is 9.37 Å². The summed E-state index contributed by atoms with van der Waals surface area (Å²) in [6.07, 6.45) is 1.62. The van der Waals surface area contributed by atoms with Crippen molar-refractivity contribution in [3.8, 4) is 11.6 Å². The minimum Gasteiger partial charge on any atom is -0.439 e. The van der Waals surface area contributed by atoms with Crippen LogP contribution < -0.4 is 15.4 Å². The first-order valence-corrected chi connectivity index (χ1v) is 6.43. The molecule has 0 aliphatic rings. The van der Waals surface area contributed by atoms with Gasteiger partial charge in [0, 0.05) is 31.4 Å². The summed E-state index contributed by atoms with van der Waals surface area (Å²) in [6, 6.07) is 9.60. The minimum absolute atomic E-state index is 0.352. The van der Waals surface area contributed by atoms with Crippen LogP contribution in [-0.2, 0) is 6.54 Å². The van der Waals surface area contributed by atoms with Gasteiger partial charge in [-0.3, -0.25) is 0 Å². The van der Waals surface area contributed by atoms with Crippen molar-refractivity contribution in [3.63, 3.8) is 0 Å². The van der Waals surface area contributed by atoms with Crippen LogP contribution >= 0.6 is 12.2 Å². The van der Waals surface area contributed by atoms with E-state index < -0.39 is 0 Å². The molecular weight excluding hydrogens is 277 g/mol. The zero-order valence-electron chi connectivity index (χ0n) is 10.9. The maximum absolute atomic E-state index is 13.1. The quantitative estimate of drug-likeness (QED) is 0.848. The number of hydrogen-bond donors (Lipinski definition) is 2. The summed E-state index contributed by atoms with van der Waals surface area (Å²) >= 11 is 5.01. The first kappa shape index (κ1) is 14.2. The number of benzene rings is 1. The number of halogens is 1. The molecule has 0 amide bonds. The van der Waals surface area contributed by atoms with Crippen molar-refractivity contribution in [2.24, 2.45) is 0 Å². The van der Waals surface area contributed by atoms with Crippen LogP contribution in [0.1, 0.15) is 5.56 Å². The molecule has 0 fully saturated rings. The minimum atomic E-state index is -0.352. The summed E-state index contributed by atoms with van der Waals surface area (Å²) in [5.41, 5.74) is 0.828. The van der Waals surface area contributed by atoms with E-state index >= 15 is 0 Å². The highest BCUT2D eigenvalue weighted by Crippen LogP contribution is 2.23. The van der Waals surface area contributed by atoms with Crippen LogP contribution in [-0.4, -0.2) is 17.1 Å². The summed E-state index contributed by atoms with van der Waals surface area (Å²) in [5.74, 6) is 0.472. The van der Waals surface area contributed by atoms with Crippen LogP contribution in [0.2, 0.25) is 0 Å². The Morgan fingerprint density at radius 2 is 2.20 bits per heavy atom. The van der Waals surface area contributed by atoms with Gasteiger partial charge in [0.05, 0.1) is 0 Å². The Balaban J connectivity index is 2.13. The lowest BCUT2D eigenvalue weighted by Crippen LogP contribution is -2.31. The smallest absolute Gasteiger partial charge is 0.224 e. The summed E-state index contributed by atoms with van der Waals surface area (Å²) in [6.45, 7) is 0.470. The topological polar surface area (TPSA) is 46.2 Å². The number of aromatic nitrogens is 1. The molecule has 0 aliphatic carbocycles. The molecule has 20 heavy (non-hydrogen) atoms. The second-order valence-electron chi connectivity index (χ2n) is 3.96. The van der Waals surface area contributed by atoms with Gasteiger partial charge in [-0.05, 0) is 30.4 Å². The molecule has 1 heterocycles. The number of thiocarbonyl (C=S) groups is 1. The molecule has 104 valence electrons. The van der Waals surface area contributed by atoms with Gasteiger partial charge in [0.25, 0.3) is 0 Å². The Kier molecular flexibility index (Phi) is 4.84. The SMILES string of the molecule is CNC(=S)NCc1cccnc1Oc1cccc(F)c1. The lowest BCUT2D eigenvalue weighted by Gasteiger charge is -2.11. The second kappa shape index (κ2) is 6.81. The van der Waals surface area contributed by atoms with E-state index in [2.05, 4.69) is 15.6 Å². The molecule has 4 nitrogen and oxygen atoms in total. The van der Waals surface area contributed by atoms with Crippen LogP contribution in [0.3, 0.4) is 0 Å². The average Bonchev–Trinajstić information content (AvgIpc) is 2.46. The van der Waals surface area contributed by atoms with Gasteiger partial charge in [-0.15, -0.1) is 0 Å². The average molecular weight is 291 g/mol. The van der Waals surface area contributed by atoms with E-state index in [-0.39, 0.29) is 5.82 Å². The first-order chi connectivity index (χ1) is 9.69. The molecule has 0 unspecified atom stereocenters. The number of pyridine rings is 1. The standard InChI is InChI=1S/C14H14FN3OS/c1-16-14(20)18-9-10-4-3-7-17-13(10)19-12-6-2-5-11(15)8-12/h2-8H,9H2,1H3,(H2,16,18,20). The van der Waals surface area contributed by atoms with Gasteiger partial charge < -0.3 is 15.4 Å². The number of rotatable bonds is 4. The molecule has 0 radical (unpaired) electrons. The molecule has 2 rings (SSSR count). The van der Waals surface area contributed by atoms with Gasteiger partial charge in [-0.2, -0.15) is 0 Å². The largest absolute Gasteiger partial charge is 0.439 e. The summed E-state index contributed by atoms with van der Waals surface area (Å²) in [4.78, 5) is 4.16. The maximum atomic E-state index is 13.1. The summed E-state index contributed by atoms with van der Waals surface area (Å²) in [7, 11) is 1.74. The number of hydrogen-bond acceptors (Lipinski definition) is 3. The highest BCUT2D eigenvalue weighted by atomic mass is 32.1. The van der Waals surface area contributed by atoms with E-state index in [1.807, 2.05) is 6.07 Å². The lowest BCUT2D eigenvalue weighted by molar-refractivity contribution is 0.451. The molecule has 2 N–H and O–H groups in total. The Hall–Kier alpha value is -2.21. The predicted molar refractivity (Wildman–Crippen MR) is 79.2 cm³/mol. The Morgan fingerprint density at radius 3 is 2.95 bits per heavy atom. The molecule has 1 aromatic heterocycles. The van der Waals surface area contributed by atoms with E-state index in [1.165, 1.54) is 12.1 Å². The molecule has 2 aromatic rings. The monoisotopic (exact) mass is 291 g/mol. The Labute approximate surface area is 122 Å². The van der Waals surface area contributed by atoms with Crippen LogP contribution in [0.5, 0.6) is 11.6 Å². The Morgan fingerprint density at radius 1 is 1.35 bits per heavy atom. The Bertz CT molecular complexity index is 606. The number of nitrogens with zero attached hydrogens (tertiary/aromatic N) is 1. The van der Waals surface area contributed by atoms with Crippen LogP contribution in [0.25, 0.3) is 0 Å². The van der Waals surface area contributed by atoms with Gasteiger partial charge in [-0.1, -0.05) is 12.1 Å². The van der Waals surface area contributed by atoms with Crippen LogP contribution in [0.15, 0.2) is 42.6 Å². The second-order valence-corrected chi connectivity index (χ2v) is 4.37. The highest BCUT2D eigenvalue weighted by molar-refractivity contribution is 7.80. The lowest BCUT2D eigenvalue weighted by atomic mass is 10.2. The maximum Gasteiger partial charge on any atom is 0.224 e. The van der Waals surface area contributed by atoms with E-state index in [4.69, 9.17) is 17.0 Å². The van der Waals surface area contributed by atoms with Crippen molar-refractivity contribution in [1.29, 1.82) is 0 Å². The van der Waals surface area contributed by atoms with Crippen molar-refractivity contribution in [2.75, 3.05) is 7.05 Å². The van der Waals surface area contributed by atoms with Crippen LogP contribution in [0, 0.1) is 5.82 Å². The summed E-state index contributed by atoms with van der Waals surface area (Å²) < 4.78 is 18.7. The van der Waals surface area contributed by atoms with Gasteiger partial charge in [0.2, 0.25) is 5.88 Å². The zero-order valence-corrected chi connectivity index (χ0v) is 11.7. The highest BCUT2D eigenvalue weighted by Gasteiger charge is 2.07. The zero-order chi connectivity index (χ0) is 14.4. The van der Waals surface area contributed by atoms with Gasteiger partial charge >= 0.3 is 0 Å². The normalized spacial score (nSPS) is 9.90. The molecule has 0 bridgehead atoms. The molecule has 0 spiro atoms. The molecule has 1 aromatic carbocycles. The number of nitrogens with one attached hydrogen (secondary N) is 2. The van der Waals surface area contributed by atoms with Crippen LogP contribution in [0.4, 0.5) is 4.39 Å².